The Morgan fingerprint density at radius 1 is 0.786 bits per heavy atom. The molecule has 2 heteroatoms. The number of hydrogen-bond donors (Lipinski definition) is 1. The van der Waals surface area contributed by atoms with E-state index < -0.39 is 0 Å². The average Bonchev–Trinajstić information content (AvgIpc) is 2.30. The number of hydrogen-bond acceptors (Lipinski definition) is 2. The molecule has 0 fully saturated rings. The van der Waals surface area contributed by atoms with E-state index in [1.54, 1.807) is 0 Å². The summed E-state index contributed by atoms with van der Waals surface area (Å²) in [6, 6.07) is 17.9. The topological polar surface area (TPSA) is 20.2 Å². The molecule has 0 aromatic heterocycles. The molecule has 0 radical (unpaired) electrons. The van der Waals surface area contributed by atoms with Crippen LogP contribution in [0.15, 0.2) is 59.5 Å². The molecule has 0 amide bonds. The third kappa shape index (κ3) is 1.81. The van der Waals surface area contributed by atoms with Crippen LogP contribution < -0.4 is 0 Å². The van der Waals surface area contributed by atoms with Crippen molar-refractivity contribution in [2.75, 3.05) is 0 Å². The van der Waals surface area contributed by atoms with E-state index in [1.165, 1.54) is 0 Å². The molecule has 0 saturated carbocycles. The summed E-state index contributed by atoms with van der Waals surface area (Å²) >= 11 is 0.790. The van der Waals surface area contributed by atoms with Gasteiger partial charge in [0.05, 0.1) is 0 Å². The van der Waals surface area contributed by atoms with Crippen LogP contribution in [-0.4, -0.2) is 4.55 Å². The molecule has 0 unspecified atom stereocenters. The summed E-state index contributed by atoms with van der Waals surface area (Å²) in [5.41, 5.74) is 2.20. The fourth-order valence-electron chi connectivity index (χ4n) is 1.40. The van der Waals surface area contributed by atoms with Crippen molar-refractivity contribution in [2.24, 2.45) is 0 Å². The van der Waals surface area contributed by atoms with Crippen LogP contribution >= 0.6 is 12.0 Å². The monoisotopic (exact) mass is 202 g/mol. The first-order valence-corrected chi connectivity index (χ1v) is 5.15. The van der Waals surface area contributed by atoms with Gasteiger partial charge in [-0.15, -0.1) is 0 Å². The molecule has 2 aromatic carbocycles. The summed E-state index contributed by atoms with van der Waals surface area (Å²) in [6.45, 7) is 0. The van der Waals surface area contributed by atoms with Gasteiger partial charge in [0.15, 0.2) is 0 Å². The van der Waals surface area contributed by atoms with Crippen molar-refractivity contribution < 1.29 is 4.55 Å². The Labute approximate surface area is 87.6 Å². The molecule has 0 bridgehead atoms. The van der Waals surface area contributed by atoms with Crippen molar-refractivity contribution in [1.29, 1.82) is 0 Å². The molecule has 0 aliphatic heterocycles. The van der Waals surface area contributed by atoms with Gasteiger partial charge in [0.25, 0.3) is 0 Å². The number of rotatable bonds is 2. The molecule has 2 rings (SSSR count). The molecule has 70 valence electrons. The van der Waals surface area contributed by atoms with Gasteiger partial charge in [-0.25, -0.2) is 0 Å². The largest absolute Gasteiger partial charge is 0.325 e. The Bertz CT molecular complexity index is 412. The molecule has 0 atom stereocenters. The van der Waals surface area contributed by atoms with Gasteiger partial charge in [-0.3, -0.25) is 0 Å². The van der Waals surface area contributed by atoms with Crippen molar-refractivity contribution in [2.45, 2.75) is 4.90 Å². The maximum atomic E-state index is 9.10. The van der Waals surface area contributed by atoms with Crippen LogP contribution in [0.2, 0.25) is 0 Å². The molecule has 0 aliphatic carbocycles. The molecular weight excluding hydrogens is 192 g/mol. The second-order valence-corrected chi connectivity index (χ2v) is 3.58. The predicted molar refractivity (Wildman–Crippen MR) is 60.4 cm³/mol. The highest BCUT2D eigenvalue weighted by atomic mass is 32.2. The van der Waals surface area contributed by atoms with E-state index >= 15 is 0 Å². The van der Waals surface area contributed by atoms with Crippen LogP contribution in [0.4, 0.5) is 0 Å². The van der Waals surface area contributed by atoms with Crippen molar-refractivity contribution >= 4 is 12.0 Å². The van der Waals surface area contributed by atoms with Crippen LogP contribution in [0.1, 0.15) is 0 Å². The highest BCUT2D eigenvalue weighted by molar-refractivity contribution is 7.93. The predicted octanol–water partition coefficient (Wildman–Crippen LogP) is 3.92. The van der Waals surface area contributed by atoms with Gasteiger partial charge in [-0.2, -0.15) is 0 Å². The molecule has 1 nitrogen and oxygen atoms in total. The van der Waals surface area contributed by atoms with Gasteiger partial charge in [0.2, 0.25) is 0 Å². The van der Waals surface area contributed by atoms with Crippen molar-refractivity contribution in [3.63, 3.8) is 0 Å². The standard InChI is InChI=1S/C12H10OS/c13-14-12-9-5-4-8-11(12)10-6-2-1-3-7-10/h1-9,13H. The Hall–Kier alpha value is -1.25. The minimum atomic E-state index is 0.790. The third-order valence-electron chi connectivity index (χ3n) is 2.07. The summed E-state index contributed by atoms with van der Waals surface area (Å²) in [5.74, 6) is 0. The van der Waals surface area contributed by atoms with Gasteiger partial charge in [-0.05, 0) is 17.2 Å². The molecule has 14 heavy (non-hydrogen) atoms. The van der Waals surface area contributed by atoms with E-state index in [0.717, 1.165) is 28.1 Å². The van der Waals surface area contributed by atoms with E-state index in [9.17, 15) is 0 Å². The lowest BCUT2D eigenvalue weighted by Gasteiger charge is -2.05. The Morgan fingerprint density at radius 3 is 2.14 bits per heavy atom. The Morgan fingerprint density at radius 2 is 1.43 bits per heavy atom. The minimum Gasteiger partial charge on any atom is -0.325 e. The van der Waals surface area contributed by atoms with Crippen LogP contribution in [0.25, 0.3) is 11.1 Å². The average molecular weight is 202 g/mol. The van der Waals surface area contributed by atoms with Gasteiger partial charge >= 0.3 is 0 Å². The summed E-state index contributed by atoms with van der Waals surface area (Å²) < 4.78 is 9.10. The Kier molecular flexibility index (Phi) is 2.87. The second kappa shape index (κ2) is 4.31. The second-order valence-electron chi connectivity index (χ2n) is 2.95. The first-order chi connectivity index (χ1) is 6.92. The molecule has 0 heterocycles. The lowest BCUT2D eigenvalue weighted by atomic mass is 10.1. The quantitative estimate of drug-likeness (QED) is 0.745. The summed E-state index contributed by atoms with van der Waals surface area (Å²) in [7, 11) is 0. The SMILES string of the molecule is OSc1ccccc1-c1ccccc1. The lowest BCUT2D eigenvalue weighted by Crippen LogP contribution is -1.80. The van der Waals surface area contributed by atoms with Gasteiger partial charge < -0.3 is 4.55 Å². The van der Waals surface area contributed by atoms with Gasteiger partial charge in [-0.1, -0.05) is 48.5 Å². The molecule has 1 N–H and O–H groups in total. The maximum absolute atomic E-state index is 9.10. The first kappa shape index (κ1) is 9.31. The zero-order valence-electron chi connectivity index (χ0n) is 7.55. The highest BCUT2D eigenvalue weighted by Gasteiger charge is 2.02. The van der Waals surface area contributed by atoms with Crippen LogP contribution in [-0.2, 0) is 0 Å². The van der Waals surface area contributed by atoms with E-state index in [2.05, 4.69) is 0 Å². The van der Waals surface area contributed by atoms with Crippen LogP contribution in [0.3, 0.4) is 0 Å². The van der Waals surface area contributed by atoms with Crippen LogP contribution in [0, 0.1) is 0 Å². The normalized spacial score (nSPS) is 10.1. The van der Waals surface area contributed by atoms with E-state index in [-0.39, 0.29) is 0 Å². The Balaban J connectivity index is 2.51. The molecule has 0 spiro atoms. The zero-order valence-corrected chi connectivity index (χ0v) is 8.37. The van der Waals surface area contributed by atoms with E-state index in [0.29, 0.717) is 0 Å². The van der Waals surface area contributed by atoms with Crippen molar-refractivity contribution in [1.82, 2.24) is 0 Å². The lowest BCUT2D eigenvalue weighted by molar-refractivity contribution is 0.664. The summed E-state index contributed by atoms with van der Waals surface area (Å²) in [6.07, 6.45) is 0. The summed E-state index contributed by atoms with van der Waals surface area (Å²) in [5, 5.41) is 0. The van der Waals surface area contributed by atoms with Crippen molar-refractivity contribution in [3.05, 3.63) is 54.6 Å². The molecule has 0 aliphatic rings. The van der Waals surface area contributed by atoms with Crippen molar-refractivity contribution in [3.8, 4) is 11.1 Å². The maximum Gasteiger partial charge on any atom is 0.0429 e. The molecule has 0 saturated heterocycles. The third-order valence-corrected chi connectivity index (χ3v) is 2.62. The summed E-state index contributed by atoms with van der Waals surface area (Å²) in [4.78, 5) is 0.888. The fourth-order valence-corrected chi connectivity index (χ4v) is 1.83. The molecule has 2 aromatic rings. The van der Waals surface area contributed by atoms with Gasteiger partial charge in [0, 0.05) is 16.9 Å². The molecular formula is C12H10OS. The smallest absolute Gasteiger partial charge is 0.0429 e. The van der Waals surface area contributed by atoms with E-state index in [4.69, 9.17) is 4.55 Å². The van der Waals surface area contributed by atoms with Gasteiger partial charge in [0.1, 0.15) is 0 Å². The highest BCUT2D eigenvalue weighted by Crippen LogP contribution is 2.29. The number of benzene rings is 2. The fraction of sp³-hybridized carbons (Fsp3) is 0. The first-order valence-electron chi connectivity index (χ1n) is 4.37. The minimum absolute atomic E-state index is 0.790. The zero-order chi connectivity index (χ0) is 9.80. The van der Waals surface area contributed by atoms with E-state index in [1.807, 2.05) is 54.6 Å². The van der Waals surface area contributed by atoms with Crippen LogP contribution in [0.5, 0.6) is 0 Å².